The van der Waals surface area contributed by atoms with Gasteiger partial charge in [-0.25, -0.2) is 0 Å². The summed E-state index contributed by atoms with van der Waals surface area (Å²) in [5.41, 5.74) is 7.85. The van der Waals surface area contributed by atoms with E-state index >= 15 is 0 Å². The maximum atomic E-state index is 5.75. The molecule has 1 aliphatic rings. The Labute approximate surface area is 104 Å². The SMILES string of the molecule is CN(CCOCC1CC1)Cc1cccc(N)c1. The van der Waals surface area contributed by atoms with Crippen molar-refractivity contribution in [3.05, 3.63) is 29.8 Å². The summed E-state index contributed by atoms with van der Waals surface area (Å²) >= 11 is 0. The van der Waals surface area contributed by atoms with Crippen molar-refractivity contribution >= 4 is 5.69 Å². The van der Waals surface area contributed by atoms with Crippen molar-refractivity contribution in [1.29, 1.82) is 0 Å². The Morgan fingerprint density at radius 3 is 2.94 bits per heavy atom. The van der Waals surface area contributed by atoms with Gasteiger partial charge in [-0.05, 0) is 43.5 Å². The third kappa shape index (κ3) is 4.75. The third-order valence-corrected chi connectivity index (χ3v) is 3.07. The molecule has 0 bridgehead atoms. The summed E-state index contributed by atoms with van der Waals surface area (Å²) in [6.07, 6.45) is 2.72. The van der Waals surface area contributed by atoms with Crippen molar-refractivity contribution in [2.45, 2.75) is 19.4 Å². The molecule has 1 aliphatic carbocycles. The van der Waals surface area contributed by atoms with Gasteiger partial charge in [0.25, 0.3) is 0 Å². The van der Waals surface area contributed by atoms with Crippen molar-refractivity contribution in [3.8, 4) is 0 Å². The highest BCUT2D eigenvalue weighted by molar-refractivity contribution is 5.40. The van der Waals surface area contributed by atoms with E-state index in [0.29, 0.717) is 0 Å². The van der Waals surface area contributed by atoms with E-state index in [0.717, 1.165) is 37.9 Å². The highest BCUT2D eigenvalue weighted by Crippen LogP contribution is 2.28. The number of nitrogens with two attached hydrogens (primary N) is 1. The van der Waals surface area contributed by atoms with Crippen LogP contribution in [0.3, 0.4) is 0 Å². The number of likely N-dealkylation sites (N-methyl/N-ethyl adjacent to an activating group) is 1. The van der Waals surface area contributed by atoms with Crippen molar-refractivity contribution in [3.63, 3.8) is 0 Å². The van der Waals surface area contributed by atoms with Crippen LogP contribution < -0.4 is 5.73 Å². The van der Waals surface area contributed by atoms with Crippen molar-refractivity contribution in [2.75, 3.05) is 32.5 Å². The van der Waals surface area contributed by atoms with Gasteiger partial charge in [0.2, 0.25) is 0 Å². The van der Waals surface area contributed by atoms with Crippen LogP contribution in [0.1, 0.15) is 18.4 Å². The zero-order valence-corrected chi connectivity index (χ0v) is 10.6. The molecule has 1 aromatic carbocycles. The Bertz CT molecular complexity index is 350. The maximum absolute atomic E-state index is 5.75. The van der Waals surface area contributed by atoms with Crippen molar-refractivity contribution < 1.29 is 4.74 Å². The molecule has 2 rings (SSSR count). The molecular formula is C14H22N2O. The first-order valence-corrected chi connectivity index (χ1v) is 6.35. The van der Waals surface area contributed by atoms with Gasteiger partial charge in [0.1, 0.15) is 0 Å². The van der Waals surface area contributed by atoms with Crippen LogP contribution in [0.25, 0.3) is 0 Å². The first-order valence-electron chi connectivity index (χ1n) is 6.35. The molecule has 1 aromatic rings. The van der Waals surface area contributed by atoms with Crippen LogP contribution in [0.2, 0.25) is 0 Å². The van der Waals surface area contributed by atoms with E-state index in [2.05, 4.69) is 18.0 Å². The molecule has 0 spiro atoms. The fourth-order valence-corrected chi connectivity index (χ4v) is 1.84. The number of hydrogen-bond acceptors (Lipinski definition) is 3. The van der Waals surface area contributed by atoms with E-state index < -0.39 is 0 Å². The molecule has 0 aliphatic heterocycles. The lowest BCUT2D eigenvalue weighted by atomic mass is 10.2. The van der Waals surface area contributed by atoms with Crippen LogP contribution in [-0.2, 0) is 11.3 Å². The number of ether oxygens (including phenoxy) is 1. The predicted octanol–water partition coefficient (Wildman–Crippen LogP) is 2.13. The van der Waals surface area contributed by atoms with E-state index in [4.69, 9.17) is 10.5 Å². The quantitative estimate of drug-likeness (QED) is 0.580. The van der Waals surface area contributed by atoms with Crippen molar-refractivity contribution in [2.24, 2.45) is 5.92 Å². The minimum atomic E-state index is 0.829. The molecular weight excluding hydrogens is 212 g/mol. The standard InChI is InChI=1S/C14H22N2O/c1-16(7-8-17-11-12-5-6-12)10-13-3-2-4-14(15)9-13/h2-4,9,12H,5-8,10-11,15H2,1H3. The van der Waals surface area contributed by atoms with Gasteiger partial charge in [-0.3, -0.25) is 4.90 Å². The molecule has 0 saturated heterocycles. The molecule has 0 amide bonds. The van der Waals surface area contributed by atoms with Gasteiger partial charge in [0, 0.05) is 25.4 Å². The fraction of sp³-hybridized carbons (Fsp3) is 0.571. The zero-order valence-electron chi connectivity index (χ0n) is 10.6. The van der Waals surface area contributed by atoms with Gasteiger partial charge in [0.05, 0.1) is 6.61 Å². The van der Waals surface area contributed by atoms with Crippen LogP contribution in [0.5, 0.6) is 0 Å². The van der Waals surface area contributed by atoms with Crippen LogP contribution in [0.4, 0.5) is 5.69 Å². The number of nitrogen functional groups attached to an aromatic ring is 1. The summed E-state index contributed by atoms with van der Waals surface area (Å²) in [6, 6.07) is 8.06. The summed E-state index contributed by atoms with van der Waals surface area (Å²) in [4.78, 5) is 2.27. The van der Waals surface area contributed by atoms with Crippen LogP contribution >= 0.6 is 0 Å². The van der Waals surface area contributed by atoms with Gasteiger partial charge < -0.3 is 10.5 Å². The highest BCUT2D eigenvalue weighted by atomic mass is 16.5. The minimum Gasteiger partial charge on any atom is -0.399 e. The number of anilines is 1. The zero-order chi connectivity index (χ0) is 12.1. The Balaban J connectivity index is 1.63. The molecule has 3 nitrogen and oxygen atoms in total. The van der Waals surface area contributed by atoms with E-state index in [1.165, 1.54) is 18.4 Å². The monoisotopic (exact) mass is 234 g/mol. The summed E-state index contributed by atoms with van der Waals surface area (Å²) < 4.78 is 5.62. The number of hydrogen-bond donors (Lipinski definition) is 1. The van der Waals surface area contributed by atoms with Gasteiger partial charge in [-0.1, -0.05) is 12.1 Å². The molecule has 0 heterocycles. The highest BCUT2D eigenvalue weighted by Gasteiger charge is 2.20. The first-order chi connectivity index (χ1) is 8.24. The van der Waals surface area contributed by atoms with Crippen LogP contribution in [0, 0.1) is 5.92 Å². The average molecular weight is 234 g/mol. The van der Waals surface area contributed by atoms with E-state index in [1.54, 1.807) is 0 Å². The molecule has 17 heavy (non-hydrogen) atoms. The lowest BCUT2D eigenvalue weighted by Gasteiger charge is -2.16. The molecule has 0 radical (unpaired) electrons. The normalized spacial score (nSPS) is 15.4. The predicted molar refractivity (Wildman–Crippen MR) is 70.7 cm³/mol. The summed E-state index contributed by atoms with van der Waals surface area (Å²) in [7, 11) is 2.11. The molecule has 0 atom stereocenters. The van der Waals surface area contributed by atoms with Gasteiger partial charge in [-0.15, -0.1) is 0 Å². The van der Waals surface area contributed by atoms with Crippen LogP contribution in [0.15, 0.2) is 24.3 Å². The van der Waals surface area contributed by atoms with E-state index in [1.807, 2.05) is 18.2 Å². The summed E-state index contributed by atoms with van der Waals surface area (Å²) in [5, 5.41) is 0. The molecule has 3 heteroatoms. The fourth-order valence-electron chi connectivity index (χ4n) is 1.84. The molecule has 0 unspecified atom stereocenters. The Morgan fingerprint density at radius 1 is 1.41 bits per heavy atom. The van der Waals surface area contributed by atoms with Gasteiger partial charge >= 0.3 is 0 Å². The molecule has 94 valence electrons. The molecule has 2 N–H and O–H groups in total. The first kappa shape index (κ1) is 12.4. The lowest BCUT2D eigenvalue weighted by Crippen LogP contribution is -2.23. The summed E-state index contributed by atoms with van der Waals surface area (Å²) in [5.74, 6) is 0.856. The lowest BCUT2D eigenvalue weighted by molar-refractivity contribution is 0.102. The van der Waals surface area contributed by atoms with Crippen molar-refractivity contribution in [1.82, 2.24) is 4.90 Å². The Hall–Kier alpha value is -1.06. The Morgan fingerprint density at radius 2 is 2.24 bits per heavy atom. The summed E-state index contributed by atoms with van der Waals surface area (Å²) in [6.45, 7) is 3.68. The maximum Gasteiger partial charge on any atom is 0.0593 e. The second kappa shape index (κ2) is 6.03. The second-order valence-corrected chi connectivity index (χ2v) is 5.00. The number of nitrogens with zero attached hydrogens (tertiary/aromatic N) is 1. The Kier molecular flexibility index (Phi) is 4.40. The topological polar surface area (TPSA) is 38.5 Å². The van der Waals surface area contributed by atoms with Gasteiger partial charge in [0.15, 0.2) is 0 Å². The number of rotatable bonds is 7. The smallest absolute Gasteiger partial charge is 0.0593 e. The van der Waals surface area contributed by atoms with E-state index in [-0.39, 0.29) is 0 Å². The van der Waals surface area contributed by atoms with Gasteiger partial charge in [-0.2, -0.15) is 0 Å². The largest absolute Gasteiger partial charge is 0.399 e. The molecule has 1 saturated carbocycles. The van der Waals surface area contributed by atoms with E-state index in [9.17, 15) is 0 Å². The average Bonchev–Trinajstić information content (AvgIpc) is 3.08. The minimum absolute atomic E-state index is 0.829. The third-order valence-electron chi connectivity index (χ3n) is 3.07. The molecule has 1 fully saturated rings. The van der Waals surface area contributed by atoms with Crippen LogP contribution in [-0.4, -0.2) is 31.7 Å². The molecule has 0 aromatic heterocycles. The number of benzene rings is 1. The second-order valence-electron chi connectivity index (χ2n) is 5.00.